The van der Waals surface area contributed by atoms with Gasteiger partial charge in [0, 0.05) is 31.4 Å². The minimum atomic E-state index is -0.145. The molecule has 2 atom stereocenters. The van der Waals surface area contributed by atoms with E-state index in [1.165, 1.54) is 26.1 Å². The van der Waals surface area contributed by atoms with Crippen molar-refractivity contribution in [1.29, 1.82) is 0 Å². The number of benzene rings is 1. The normalized spacial score (nSPS) is 23.0. The lowest BCUT2D eigenvalue weighted by atomic mass is 10.1. The summed E-state index contributed by atoms with van der Waals surface area (Å²) in [6.07, 6.45) is 5.54. The second kappa shape index (κ2) is 6.28. The highest BCUT2D eigenvalue weighted by atomic mass is 16.1. The Morgan fingerprint density at radius 1 is 1.00 bits per heavy atom. The molecule has 2 heterocycles. The highest BCUT2D eigenvalue weighted by Crippen LogP contribution is 2.44. The molecule has 0 bridgehead atoms. The molecule has 4 rings (SSSR count). The van der Waals surface area contributed by atoms with Crippen LogP contribution >= 0.6 is 0 Å². The van der Waals surface area contributed by atoms with E-state index in [1.54, 1.807) is 4.57 Å². The maximum Gasteiger partial charge on any atom is 0.348 e. The summed E-state index contributed by atoms with van der Waals surface area (Å²) in [6, 6.07) is 11.8. The third-order valence-corrected chi connectivity index (χ3v) is 5.12. The first-order valence-electron chi connectivity index (χ1n) is 8.65. The maximum atomic E-state index is 12.2. The van der Waals surface area contributed by atoms with Crippen molar-refractivity contribution < 1.29 is 0 Å². The Hall–Kier alpha value is -1.94. The van der Waals surface area contributed by atoms with Gasteiger partial charge in [0.25, 0.3) is 0 Å². The first kappa shape index (κ1) is 14.6. The monoisotopic (exact) mass is 309 g/mol. The van der Waals surface area contributed by atoms with E-state index < -0.39 is 0 Å². The Morgan fingerprint density at radius 2 is 1.74 bits per heavy atom. The third-order valence-electron chi connectivity index (χ3n) is 5.12. The quantitative estimate of drug-likeness (QED) is 0.770. The van der Waals surface area contributed by atoms with Gasteiger partial charge in [-0.1, -0.05) is 30.3 Å². The molecule has 120 valence electrons. The molecule has 1 saturated heterocycles. The van der Waals surface area contributed by atoms with Crippen molar-refractivity contribution in [3.8, 4) is 11.3 Å². The summed E-state index contributed by atoms with van der Waals surface area (Å²) in [5, 5.41) is 0. The smallest absolute Gasteiger partial charge is 0.303 e. The van der Waals surface area contributed by atoms with Gasteiger partial charge in [-0.05, 0) is 43.7 Å². The van der Waals surface area contributed by atoms with Crippen LogP contribution in [0.3, 0.4) is 0 Å². The Labute approximate surface area is 136 Å². The van der Waals surface area contributed by atoms with Crippen LogP contribution in [0.2, 0.25) is 0 Å². The zero-order valence-corrected chi connectivity index (χ0v) is 13.4. The fraction of sp³-hybridized carbons (Fsp3) is 0.474. The number of fused-ring (bicyclic) bond motifs is 1. The Balaban J connectivity index is 1.30. The molecular formula is C19H23N3O. The zero-order chi connectivity index (χ0) is 15.6. The molecule has 4 heteroatoms. The van der Waals surface area contributed by atoms with Crippen molar-refractivity contribution in [2.45, 2.75) is 25.8 Å². The minimum Gasteiger partial charge on any atom is -0.303 e. The van der Waals surface area contributed by atoms with Gasteiger partial charge in [0.1, 0.15) is 0 Å². The molecule has 1 saturated carbocycles. The predicted molar refractivity (Wildman–Crippen MR) is 91.2 cm³/mol. The second-order valence-corrected chi connectivity index (χ2v) is 6.88. The van der Waals surface area contributed by atoms with Crippen molar-refractivity contribution in [3.05, 3.63) is 53.1 Å². The minimum absolute atomic E-state index is 0.145. The lowest BCUT2D eigenvalue weighted by Gasteiger charge is -2.17. The molecule has 1 aliphatic heterocycles. The van der Waals surface area contributed by atoms with E-state index in [0.717, 1.165) is 42.5 Å². The van der Waals surface area contributed by atoms with Gasteiger partial charge in [0.15, 0.2) is 0 Å². The van der Waals surface area contributed by atoms with Crippen LogP contribution in [0.5, 0.6) is 0 Å². The molecule has 1 aliphatic carbocycles. The fourth-order valence-electron chi connectivity index (χ4n) is 3.66. The lowest BCUT2D eigenvalue weighted by molar-refractivity contribution is 0.295. The van der Waals surface area contributed by atoms with E-state index in [1.807, 2.05) is 42.6 Å². The van der Waals surface area contributed by atoms with Gasteiger partial charge >= 0.3 is 5.69 Å². The summed E-state index contributed by atoms with van der Waals surface area (Å²) in [6.45, 7) is 4.55. The number of rotatable bonds is 6. The summed E-state index contributed by atoms with van der Waals surface area (Å²) >= 11 is 0. The van der Waals surface area contributed by atoms with Crippen LogP contribution in [0.1, 0.15) is 19.3 Å². The molecule has 0 N–H and O–H groups in total. The molecule has 0 spiro atoms. The highest BCUT2D eigenvalue weighted by Gasteiger charge is 2.44. The molecule has 2 aliphatic rings. The summed E-state index contributed by atoms with van der Waals surface area (Å²) in [5.41, 5.74) is 1.60. The molecular weight excluding hydrogens is 286 g/mol. The van der Waals surface area contributed by atoms with Crippen LogP contribution in [0.4, 0.5) is 0 Å². The fourth-order valence-corrected chi connectivity index (χ4v) is 3.66. The summed E-state index contributed by atoms with van der Waals surface area (Å²) in [5.74, 6) is 2.01. The number of hydrogen-bond donors (Lipinski definition) is 0. The first-order valence-corrected chi connectivity index (χ1v) is 8.65. The number of likely N-dealkylation sites (tertiary alicyclic amines) is 1. The molecule has 2 unspecified atom stereocenters. The van der Waals surface area contributed by atoms with Crippen LogP contribution in [0, 0.1) is 11.8 Å². The van der Waals surface area contributed by atoms with Gasteiger partial charge < -0.3 is 4.90 Å². The number of aryl methyl sites for hydroxylation is 1. The van der Waals surface area contributed by atoms with E-state index in [9.17, 15) is 4.79 Å². The van der Waals surface area contributed by atoms with E-state index in [2.05, 4.69) is 9.88 Å². The topological polar surface area (TPSA) is 38.1 Å². The maximum absolute atomic E-state index is 12.2. The molecule has 0 radical (unpaired) electrons. The van der Waals surface area contributed by atoms with Gasteiger partial charge in [-0.2, -0.15) is 4.98 Å². The molecule has 1 aromatic heterocycles. The predicted octanol–water partition coefficient (Wildman–Crippen LogP) is 2.64. The standard InChI is InChI=1S/C19H23N3O/c23-19-20-18(15-6-2-1-3-7-15)8-11-22(19)10-5-4-9-21-13-16-12-17(16)14-21/h1-3,6-8,11,16-17H,4-5,9-10,12-14H2. The summed E-state index contributed by atoms with van der Waals surface area (Å²) < 4.78 is 1.73. The summed E-state index contributed by atoms with van der Waals surface area (Å²) in [7, 11) is 0. The molecule has 2 aromatic rings. The Morgan fingerprint density at radius 3 is 2.48 bits per heavy atom. The molecule has 2 fully saturated rings. The second-order valence-electron chi connectivity index (χ2n) is 6.88. The van der Waals surface area contributed by atoms with Crippen LogP contribution in [0.25, 0.3) is 11.3 Å². The van der Waals surface area contributed by atoms with Crippen molar-refractivity contribution >= 4 is 0 Å². The van der Waals surface area contributed by atoms with Gasteiger partial charge in [-0.15, -0.1) is 0 Å². The number of piperidine rings is 1. The molecule has 0 amide bonds. The number of nitrogens with zero attached hydrogens (tertiary/aromatic N) is 3. The average Bonchev–Trinajstić information content (AvgIpc) is 3.20. The largest absolute Gasteiger partial charge is 0.348 e. The molecule has 1 aromatic carbocycles. The third kappa shape index (κ3) is 3.37. The van der Waals surface area contributed by atoms with Crippen molar-refractivity contribution in [3.63, 3.8) is 0 Å². The number of hydrogen-bond acceptors (Lipinski definition) is 3. The van der Waals surface area contributed by atoms with E-state index in [4.69, 9.17) is 0 Å². The molecule has 23 heavy (non-hydrogen) atoms. The van der Waals surface area contributed by atoms with Crippen molar-refractivity contribution in [2.24, 2.45) is 11.8 Å². The van der Waals surface area contributed by atoms with Crippen LogP contribution in [-0.2, 0) is 6.54 Å². The van der Waals surface area contributed by atoms with Gasteiger partial charge in [-0.3, -0.25) is 4.57 Å². The average molecular weight is 309 g/mol. The number of unbranched alkanes of at least 4 members (excludes halogenated alkanes) is 1. The molecule has 4 nitrogen and oxygen atoms in total. The van der Waals surface area contributed by atoms with Crippen LogP contribution < -0.4 is 5.69 Å². The van der Waals surface area contributed by atoms with Crippen molar-refractivity contribution in [2.75, 3.05) is 19.6 Å². The number of aromatic nitrogens is 2. The lowest BCUT2D eigenvalue weighted by Crippen LogP contribution is -2.25. The summed E-state index contributed by atoms with van der Waals surface area (Å²) in [4.78, 5) is 18.9. The van der Waals surface area contributed by atoms with Gasteiger partial charge in [0.05, 0.1) is 5.69 Å². The van der Waals surface area contributed by atoms with Crippen LogP contribution in [-0.4, -0.2) is 34.1 Å². The van der Waals surface area contributed by atoms with Crippen LogP contribution in [0.15, 0.2) is 47.4 Å². The Kier molecular flexibility index (Phi) is 4.00. The zero-order valence-electron chi connectivity index (χ0n) is 13.4. The van der Waals surface area contributed by atoms with Gasteiger partial charge in [-0.25, -0.2) is 4.79 Å². The van der Waals surface area contributed by atoms with Crippen molar-refractivity contribution in [1.82, 2.24) is 14.5 Å². The van der Waals surface area contributed by atoms with E-state index in [0.29, 0.717) is 0 Å². The SMILES string of the molecule is O=c1nc(-c2ccccc2)ccn1CCCCN1CC2CC2C1. The van der Waals surface area contributed by atoms with E-state index >= 15 is 0 Å². The highest BCUT2D eigenvalue weighted by molar-refractivity contribution is 5.57. The van der Waals surface area contributed by atoms with E-state index in [-0.39, 0.29) is 5.69 Å². The first-order chi connectivity index (χ1) is 11.3. The van der Waals surface area contributed by atoms with Gasteiger partial charge in [0.2, 0.25) is 0 Å². The Bertz CT molecular complexity index is 715.